The Labute approximate surface area is 102 Å². The third-order valence-electron chi connectivity index (χ3n) is 3.15. The Balaban J connectivity index is 1.99. The van der Waals surface area contributed by atoms with Gasteiger partial charge in [0, 0.05) is 24.7 Å². The smallest absolute Gasteiger partial charge is 0.150 e. The zero-order valence-electron chi connectivity index (χ0n) is 9.83. The summed E-state index contributed by atoms with van der Waals surface area (Å²) in [7, 11) is -2.93. The molecule has 0 saturated heterocycles. The van der Waals surface area contributed by atoms with Crippen molar-refractivity contribution in [1.82, 2.24) is 9.97 Å². The molecule has 6 heteroatoms. The lowest BCUT2D eigenvalue weighted by atomic mass is 9.95. The highest BCUT2D eigenvalue weighted by Gasteiger charge is 2.28. The van der Waals surface area contributed by atoms with Gasteiger partial charge in [-0.25, -0.2) is 13.4 Å². The summed E-state index contributed by atoms with van der Waals surface area (Å²) in [5, 5.41) is 3.03. The molecule has 2 rings (SSSR count). The van der Waals surface area contributed by atoms with Crippen molar-refractivity contribution in [2.75, 3.05) is 11.6 Å². The van der Waals surface area contributed by atoms with Crippen molar-refractivity contribution in [2.45, 2.75) is 37.0 Å². The minimum atomic E-state index is -2.93. The van der Waals surface area contributed by atoms with Gasteiger partial charge in [-0.15, -0.1) is 0 Å². The van der Waals surface area contributed by atoms with E-state index in [1.165, 1.54) is 6.26 Å². The Kier molecular flexibility index (Phi) is 3.61. The zero-order chi connectivity index (χ0) is 12.3. The summed E-state index contributed by atoms with van der Waals surface area (Å²) in [4.78, 5) is 8.11. The van der Waals surface area contributed by atoms with Gasteiger partial charge < -0.3 is 5.32 Å². The van der Waals surface area contributed by atoms with E-state index in [0.29, 0.717) is 12.2 Å². The third-order valence-corrected chi connectivity index (χ3v) is 4.79. The molecule has 1 N–H and O–H groups in total. The van der Waals surface area contributed by atoms with E-state index in [1.54, 1.807) is 18.6 Å². The summed E-state index contributed by atoms with van der Waals surface area (Å²) in [6.07, 6.45) is 9.59. The Morgan fingerprint density at radius 2 is 2.18 bits per heavy atom. The Bertz CT molecular complexity index is 461. The third kappa shape index (κ3) is 3.39. The Morgan fingerprint density at radius 3 is 2.82 bits per heavy atom. The molecule has 1 aromatic heterocycles. The molecule has 1 saturated carbocycles. The van der Waals surface area contributed by atoms with Gasteiger partial charge in [-0.05, 0) is 19.3 Å². The molecular weight excluding hydrogens is 238 g/mol. The van der Waals surface area contributed by atoms with Gasteiger partial charge in [-0.1, -0.05) is 6.42 Å². The monoisotopic (exact) mass is 255 g/mol. The number of rotatable bonds is 3. The molecule has 2 unspecified atom stereocenters. The maximum absolute atomic E-state index is 11.5. The van der Waals surface area contributed by atoms with Crippen LogP contribution in [0.25, 0.3) is 0 Å². The molecule has 0 aromatic carbocycles. The first-order chi connectivity index (χ1) is 8.05. The number of nitrogens with zero attached hydrogens (tertiary/aromatic N) is 2. The van der Waals surface area contributed by atoms with Crippen LogP contribution < -0.4 is 5.32 Å². The predicted octanol–water partition coefficient (Wildman–Crippen LogP) is 1.24. The molecular formula is C11H17N3O2S. The second kappa shape index (κ2) is 5.00. The van der Waals surface area contributed by atoms with Crippen LogP contribution in [0.4, 0.5) is 5.82 Å². The lowest BCUT2D eigenvalue weighted by Gasteiger charge is -2.28. The van der Waals surface area contributed by atoms with Gasteiger partial charge in [0.2, 0.25) is 0 Å². The average Bonchev–Trinajstić information content (AvgIpc) is 2.29. The molecule has 0 bridgehead atoms. The van der Waals surface area contributed by atoms with Crippen molar-refractivity contribution in [3.63, 3.8) is 0 Å². The highest BCUT2D eigenvalue weighted by molar-refractivity contribution is 7.91. The van der Waals surface area contributed by atoms with Crippen LogP contribution in [0.15, 0.2) is 18.6 Å². The molecule has 1 aliphatic carbocycles. The molecule has 94 valence electrons. The van der Waals surface area contributed by atoms with Crippen molar-refractivity contribution in [2.24, 2.45) is 0 Å². The van der Waals surface area contributed by atoms with Crippen LogP contribution in [0, 0.1) is 0 Å². The van der Waals surface area contributed by atoms with E-state index in [2.05, 4.69) is 15.3 Å². The van der Waals surface area contributed by atoms with E-state index in [0.717, 1.165) is 19.3 Å². The summed E-state index contributed by atoms with van der Waals surface area (Å²) in [6, 6.07) is 0.181. The van der Waals surface area contributed by atoms with Crippen LogP contribution in [-0.2, 0) is 9.84 Å². The van der Waals surface area contributed by atoms with Gasteiger partial charge >= 0.3 is 0 Å². The molecule has 2 atom stereocenters. The summed E-state index contributed by atoms with van der Waals surface area (Å²) in [5.41, 5.74) is 0. The first-order valence-electron chi connectivity index (χ1n) is 5.77. The predicted molar refractivity (Wildman–Crippen MR) is 66.5 cm³/mol. The molecule has 0 spiro atoms. The topological polar surface area (TPSA) is 72.0 Å². The summed E-state index contributed by atoms with van der Waals surface area (Å²) in [6.45, 7) is 0. The summed E-state index contributed by atoms with van der Waals surface area (Å²) in [5.74, 6) is 0.714. The second-order valence-electron chi connectivity index (χ2n) is 4.55. The Morgan fingerprint density at radius 1 is 1.35 bits per heavy atom. The van der Waals surface area contributed by atoms with E-state index < -0.39 is 9.84 Å². The number of hydrogen-bond donors (Lipinski definition) is 1. The fourth-order valence-electron chi connectivity index (χ4n) is 2.25. The van der Waals surface area contributed by atoms with Crippen molar-refractivity contribution < 1.29 is 8.42 Å². The number of hydrogen-bond acceptors (Lipinski definition) is 5. The van der Waals surface area contributed by atoms with Crippen molar-refractivity contribution >= 4 is 15.7 Å². The lowest BCUT2D eigenvalue weighted by molar-refractivity contribution is 0.452. The minimum Gasteiger partial charge on any atom is -0.366 e. The van der Waals surface area contributed by atoms with E-state index in [4.69, 9.17) is 0 Å². The number of sulfone groups is 1. The Hall–Kier alpha value is -1.17. The van der Waals surface area contributed by atoms with Crippen LogP contribution in [0.1, 0.15) is 25.7 Å². The largest absolute Gasteiger partial charge is 0.366 e. The fraction of sp³-hybridized carbons (Fsp3) is 0.636. The van der Waals surface area contributed by atoms with Gasteiger partial charge in [0.1, 0.15) is 15.7 Å². The van der Waals surface area contributed by atoms with Gasteiger partial charge in [-0.2, -0.15) is 0 Å². The first-order valence-corrected chi connectivity index (χ1v) is 7.72. The summed E-state index contributed by atoms with van der Waals surface area (Å²) < 4.78 is 23.1. The average molecular weight is 255 g/mol. The highest BCUT2D eigenvalue weighted by Crippen LogP contribution is 2.25. The van der Waals surface area contributed by atoms with Gasteiger partial charge in [-0.3, -0.25) is 4.98 Å². The number of aromatic nitrogens is 2. The van der Waals surface area contributed by atoms with Gasteiger partial charge in [0.15, 0.2) is 0 Å². The van der Waals surface area contributed by atoms with Crippen molar-refractivity contribution in [3.05, 3.63) is 18.6 Å². The molecule has 1 aromatic rings. The number of nitrogens with one attached hydrogen (secondary N) is 1. The standard InChI is InChI=1S/C11H17N3O2S/c1-17(15,16)10-4-2-3-9(7-10)14-11-8-12-5-6-13-11/h5-6,8-10H,2-4,7H2,1H3,(H,13,14). The maximum atomic E-state index is 11.5. The van der Waals surface area contributed by atoms with Crippen LogP contribution in [-0.4, -0.2) is 35.9 Å². The van der Waals surface area contributed by atoms with E-state index >= 15 is 0 Å². The van der Waals surface area contributed by atoms with Crippen molar-refractivity contribution in [3.8, 4) is 0 Å². The normalized spacial score (nSPS) is 25.5. The summed E-state index contributed by atoms with van der Waals surface area (Å²) >= 11 is 0. The molecule has 0 amide bonds. The quantitative estimate of drug-likeness (QED) is 0.880. The molecule has 0 radical (unpaired) electrons. The fourth-order valence-corrected chi connectivity index (χ4v) is 3.42. The van der Waals surface area contributed by atoms with E-state index in [9.17, 15) is 8.42 Å². The highest BCUT2D eigenvalue weighted by atomic mass is 32.2. The minimum absolute atomic E-state index is 0.181. The van der Waals surface area contributed by atoms with E-state index in [-0.39, 0.29) is 11.3 Å². The van der Waals surface area contributed by atoms with Crippen LogP contribution in [0.3, 0.4) is 0 Å². The van der Waals surface area contributed by atoms with Crippen molar-refractivity contribution in [1.29, 1.82) is 0 Å². The zero-order valence-corrected chi connectivity index (χ0v) is 10.7. The molecule has 1 heterocycles. The van der Waals surface area contributed by atoms with Crippen LogP contribution in [0.5, 0.6) is 0 Å². The lowest BCUT2D eigenvalue weighted by Crippen LogP contribution is -2.34. The first kappa shape index (κ1) is 12.3. The molecule has 0 aliphatic heterocycles. The van der Waals surface area contributed by atoms with E-state index in [1.807, 2.05) is 0 Å². The molecule has 1 aliphatic rings. The SMILES string of the molecule is CS(=O)(=O)C1CCCC(Nc2cnccn2)C1. The second-order valence-corrected chi connectivity index (χ2v) is 6.88. The molecule has 5 nitrogen and oxygen atoms in total. The maximum Gasteiger partial charge on any atom is 0.150 e. The van der Waals surface area contributed by atoms with Gasteiger partial charge in [0.25, 0.3) is 0 Å². The van der Waals surface area contributed by atoms with Gasteiger partial charge in [0.05, 0.1) is 11.4 Å². The molecule has 1 fully saturated rings. The van der Waals surface area contributed by atoms with Crippen LogP contribution >= 0.6 is 0 Å². The molecule has 17 heavy (non-hydrogen) atoms. The number of anilines is 1. The van der Waals surface area contributed by atoms with Crippen LogP contribution in [0.2, 0.25) is 0 Å².